The van der Waals surface area contributed by atoms with Gasteiger partial charge in [0.05, 0.1) is 0 Å². The lowest BCUT2D eigenvalue weighted by Crippen LogP contribution is -2.57. The molecule has 6 heteroatoms. The van der Waals surface area contributed by atoms with Crippen LogP contribution in [-0.4, -0.2) is 57.1 Å². The predicted octanol–water partition coefficient (Wildman–Crippen LogP) is 1.00. The van der Waals surface area contributed by atoms with Crippen LogP contribution in [-0.2, 0) is 11.2 Å². The van der Waals surface area contributed by atoms with Gasteiger partial charge in [0, 0.05) is 31.2 Å². The average Bonchev–Trinajstić information content (AvgIpc) is 2.91. The number of rotatable bonds is 3. The van der Waals surface area contributed by atoms with E-state index >= 15 is 0 Å². The quantitative estimate of drug-likeness (QED) is 0.825. The summed E-state index contributed by atoms with van der Waals surface area (Å²) in [5.74, 6) is 1.11. The highest BCUT2D eigenvalue weighted by atomic mass is 16.5. The van der Waals surface area contributed by atoms with Gasteiger partial charge in [-0.1, -0.05) is 5.16 Å². The van der Waals surface area contributed by atoms with Crippen LogP contribution >= 0.6 is 0 Å². The Labute approximate surface area is 119 Å². The molecule has 6 nitrogen and oxygen atoms in total. The molecule has 0 N–H and O–H groups in total. The molecule has 2 unspecified atom stereocenters. The van der Waals surface area contributed by atoms with Crippen molar-refractivity contribution in [2.75, 3.05) is 13.1 Å². The number of piperazine rings is 1. The van der Waals surface area contributed by atoms with Crippen molar-refractivity contribution in [1.82, 2.24) is 19.9 Å². The zero-order chi connectivity index (χ0) is 14.3. The summed E-state index contributed by atoms with van der Waals surface area (Å²) < 4.78 is 5.04. The van der Waals surface area contributed by atoms with E-state index in [1.54, 1.807) is 6.92 Å². The number of carbonyl (C=O) groups is 1. The summed E-state index contributed by atoms with van der Waals surface area (Å²) in [7, 11) is 0. The summed E-state index contributed by atoms with van der Waals surface area (Å²) >= 11 is 0. The number of nitrogens with zero attached hydrogens (tertiary/aromatic N) is 4. The summed E-state index contributed by atoms with van der Waals surface area (Å²) in [6, 6.07) is 1.59. The van der Waals surface area contributed by atoms with E-state index in [-0.39, 0.29) is 12.3 Å². The first-order valence-electron chi connectivity index (χ1n) is 7.39. The third-order valence-electron chi connectivity index (χ3n) is 4.36. The van der Waals surface area contributed by atoms with E-state index in [2.05, 4.69) is 28.9 Å². The molecule has 3 rings (SSSR count). The SMILES string of the molecule is Cc1noc(CC(=O)N2CC3CCC(C2)N3C(C)C)n1. The Morgan fingerprint density at radius 1 is 1.35 bits per heavy atom. The molecule has 0 aliphatic carbocycles. The predicted molar refractivity (Wildman–Crippen MR) is 73.1 cm³/mol. The highest BCUT2D eigenvalue weighted by Crippen LogP contribution is 2.32. The summed E-state index contributed by atoms with van der Waals surface area (Å²) in [5, 5.41) is 3.73. The monoisotopic (exact) mass is 278 g/mol. The number of fused-ring (bicyclic) bond motifs is 2. The topological polar surface area (TPSA) is 62.5 Å². The van der Waals surface area contributed by atoms with Crippen LogP contribution in [0.3, 0.4) is 0 Å². The highest BCUT2D eigenvalue weighted by molar-refractivity contribution is 5.78. The van der Waals surface area contributed by atoms with E-state index < -0.39 is 0 Å². The average molecular weight is 278 g/mol. The minimum atomic E-state index is 0.106. The van der Waals surface area contributed by atoms with Crippen molar-refractivity contribution in [2.45, 2.75) is 58.2 Å². The Bertz CT molecular complexity index is 485. The van der Waals surface area contributed by atoms with E-state index in [4.69, 9.17) is 4.52 Å². The summed E-state index contributed by atoms with van der Waals surface area (Å²) in [5.41, 5.74) is 0. The molecule has 2 saturated heterocycles. The standard InChI is InChI=1S/C14H22N4O2/c1-9(2)18-11-4-5-12(18)8-17(7-11)14(19)6-13-15-10(3)16-20-13/h9,11-12H,4-8H2,1-3H3. The van der Waals surface area contributed by atoms with E-state index in [0.29, 0.717) is 29.8 Å². The van der Waals surface area contributed by atoms with Crippen molar-refractivity contribution in [2.24, 2.45) is 0 Å². The van der Waals surface area contributed by atoms with E-state index in [9.17, 15) is 4.79 Å². The van der Waals surface area contributed by atoms with Crippen molar-refractivity contribution >= 4 is 5.91 Å². The van der Waals surface area contributed by atoms with Gasteiger partial charge in [0.1, 0.15) is 6.42 Å². The van der Waals surface area contributed by atoms with Crippen LogP contribution in [0.1, 0.15) is 38.4 Å². The van der Waals surface area contributed by atoms with E-state index in [1.807, 2.05) is 4.90 Å². The van der Waals surface area contributed by atoms with Crippen LogP contribution in [0.5, 0.6) is 0 Å². The Hall–Kier alpha value is -1.43. The van der Waals surface area contributed by atoms with Crippen molar-refractivity contribution in [3.8, 4) is 0 Å². The largest absolute Gasteiger partial charge is 0.339 e. The van der Waals surface area contributed by atoms with Crippen LogP contribution in [0.15, 0.2) is 4.52 Å². The zero-order valence-corrected chi connectivity index (χ0v) is 12.4. The number of hydrogen-bond acceptors (Lipinski definition) is 5. The third-order valence-corrected chi connectivity index (χ3v) is 4.36. The first kappa shape index (κ1) is 13.5. The number of carbonyl (C=O) groups excluding carboxylic acids is 1. The normalized spacial score (nSPS) is 26.5. The first-order valence-corrected chi connectivity index (χ1v) is 7.39. The number of likely N-dealkylation sites (tertiary alicyclic amines) is 1. The Morgan fingerprint density at radius 2 is 2.00 bits per heavy atom. The highest BCUT2D eigenvalue weighted by Gasteiger charge is 2.42. The van der Waals surface area contributed by atoms with Gasteiger partial charge >= 0.3 is 0 Å². The Kier molecular flexibility index (Phi) is 3.50. The molecule has 0 aromatic carbocycles. The first-order chi connectivity index (χ1) is 9.54. The molecule has 2 fully saturated rings. The Balaban J connectivity index is 1.64. The molecule has 0 saturated carbocycles. The van der Waals surface area contributed by atoms with Gasteiger partial charge in [0.2, 0.25) is 11.8 Å². The summed E-state index contributed by atoms with van der Waals surface area (Å²) in [4.78, 5) is 21.0. The van der Waals surface area contributed by atoms with Gasteiger partial charge in [0.25, 0.3) is 0 Å². The number of hydrogen-bond donors (Lipinski definition) is 0. The maximum Gasteiger partial charge on any atom is 0.236 e. The lowest BCUT2D eigenvalue weighted by atomic mass is 10.1. The van der Waals surface area contributed by atoms with Crippen LogP contribution in [0, 0.1) is 6.92 Å². The van der Waals surface area contributed by atoms with E-state index in [1.165, 1.54) is 12.8 Å². The van der Waals surface area contributed by atoms with Crippen molar-refractivity contribution < 1.29 is 9.32 Å². The third kappa shape index (κ3) is 2.44. The van der Waals surface area contributed by atoms with Gasteiger partial charge in [0.15, 0.2) is 5.82 Å². The fraction of sp³-hybridized carbons (Fsp3) is 0.786. The molecule has 110 valence electrons. The second-order valence-electron chi connectivity index (χ2n) is 6.14. The molecule has 3 heterocycles. The van der Waals surface area contributed by atoms with Gasteiger partial charge in [-0.25, -0.2) is 0 Å². The molecule has 1 amide bonds. The molecule has 2 aliphatic heterocycles. The number of amides is 1. The summed E-state index contributed by atoms with van der Waals surface area (Å²) in [6.45, 7) is 7.91. The molecule has 0 radical (unpaired) electrons. The molecule has 2 aliphatic rings. The molecule has 20 heavy (non-hydrogen) atoms. The van der Waals surface area contributed by atoms with Crippen molar-refractivity contribution in [1.29, 1.82) is 0 Å². The zero-order valence-electron chi connectivity index (χ0n) is 12.4. The van der Waals surface area contributed by atoms with Crippen LogP contribution in [0.25, 0.3) is 0 Å². The lowest BCUT2D eigenvalue weighted by molar-refractivity contribution is -0.134. The molecule has 1 aromatic rings. The minimum absolute atomic E-state index is 0.106. The lowest BCUT2D eigenvalue weighted by Gasteiger charge is -2.43. The molecule has 2 atom stereocenters. The maximum absolute atomic E-state index is 12.4. The molecular formula is C14H22N4O2. The number of aromatic nitrogens is 2. The number of aryl methyl sites for hydroxylation is 1. The van der Waals surface area contributed by atoms with Crippen LogP contribution in [0.2, 0.25) is 0 Å². The molecule has 2 bridgehead atoms. The van der Waals surface area contributed by atoms with Gasteiger partial charge in [-0.2, -0.15) is 4.98 Å². The maximum atomic E-state index is 12.4. The van der Waals surface area contributed by atoms with Gasteiger partial charge < -0.3 is 9.42 Å². The minimum Gasteiger partial charge on any atom is -0.339 e. The second-order valence-corrected chi connectivity index (χ2v) is 6.14. The molecular weight excluding hydrogens is 256 g/mol. The van der Waals surface area contributed by atoms with Crippen molar-refractivity contribution in [3.63, 3.8) is 0 Å². The van der Waals surface area contributed by atoms with Gasteiger partial charge in [-0.15, -0.1) is 0 Å². The van der Waals surface area contributed by atoms with Crippen LogP contribution < -0.4 is 0 Å². The fourth-order valence-corrected chi connectivity index (χ4v) is 3.64. The summed E-state index contributed by atoms with van der Waals surface area (Å²) in [6.07, 6.45) is 2.63. The van der Waals surface area contributed by atoms with Crippen LogP contribution in [0.4, 0.5) is 0 Å². The van der Waals surface area contributed by atoms with E-state index in [0.717, 1.165) is 13.1 Å². The van der Waals surface area contributed by atoms with Gasteiger partial charge in [-0.05, 0) is 33.6 Å². The van der Waals surface area contributed by atoms with Crippen molar-refractivity contribution in [3.05, 3.63) is 11.7 Å². The smallest absolute Gasteiger partial charge is 0.236 e. The molecule has 0 spiro atoms. The second kappa shape index (κ2) is 5.16. The Morgan fingerprint density at radius 3 is 2.50 bits per heavy atom. The fourth-order valence-electron chi connectivity index (χ4n) is 3.64. The molecule has 1 aromatic heterocycles. The van der Waals surface area contributed by atoms with Gasteiger partial charge in [-0.3, -0.25) is 9.69 Å².